The summed E-state index contributed by atoms with van der Waals surface area (Å²) >= 11 is 0. The average Bonchev–Trinajstić information content (AvgIpc) is 2.87. The van der Waals surface area contributed by atoms with Crippen LogP contribution in [0.2, 0.25) is 0 Å². The number of hydrogen-bond donors (Lipinski definition) is 4. The van der Waals surface area contributed by atoms with Gasteiger partial charge < -0.3 is 25.6 Å². The third kappa shape index (κ3) is 7.10. The molecule has 0 saturated heterocycles. The fraction of sp³-hybridized carbons (Fsp3) is 0.179. The van der Waals surface area contributed by atoms with E-state index in [-0.39, 0.29) is 42.0 Å². The zero-order valence-electron chi connectivity index (χ0n) is 20.6. The number of benzene rings is 2. The molecule has 38 heavy (non-hydrogen) atoms. The van der Waals surface area contributed by atoms with Gasteiger partial charge in [0.2, 0.25) is 0 Å². The molecule has 1 unspecified atom stereocenters. The number of carboxylic acid groups (broad SMARTS) is 1. The number of carbonyl (C=O) groups is 2. The number of hydrogen-bond acceptors (Lipinski definition) is 4. The maximum absolute atomic E-state index is 13.7. The zero-order valence-corrected chi connectivity index (χ0v) is 21.4. The van der Waals surface area contributed by atoms with Crippen molar-refractivity contribution < 1.29 is 19.1 Å². The van der Waals surface area contributed by atoms with Gasteiger partial charge in [-0.15, -0.1) is 12.4 Å². The predicted octanol–water partition coefficient (Wildman–Crippen LogP) is 4.90. The van der Waals surface area contributed by atoms with Gasteiger partial charge >= 0.3 is 12.0 Å². The summed E-state index contributed by atoms with van der Waals surface area (Å²) in [4.78, 5) is 36.3. The lowest BCUT2D eigenvalue weighted by Crippen LogP contribution is -2.33. The van der Waals surface area contributed by atoms with Crippen molar-refractivity contribution in [3.8, 4) is 0 Å². The van der Waals surface area contributed by atoms with Crippen molar-refractivity contribution in [3.63, 3.8) is 0 Å². The van der Waals surface area contributed by atoms with Gasteiger partial charge in [-0.1, -0.05) is 49.4 Å². The Morgan fingerprint density at radius 3 is 2.47 bits per heavy atom. The summed E-state index contributed by atoms with van der Waals surface area (Å²) in [6.45, 7) is 2.24. The Morgan fingerprint density at radius 1 is 1.08 bits per heavy atom. The number of halogens is 2. The first-order valence-electron chi connectivity index (χ1n) is 11.8. The molecule has 198 valence electrons. The number of aliphatic carboxylic acids is 1. The third-order valence-electron chi connectivity index (χ3n) is 6.03. The molecule has 1 aliphatic rings. The topological polar surface area (TPSA) is 112 Å². The van der Waals surface area contributed by atoms with Crippen molar-refractivity contribution in [2.75, 3.05) is 5.32 Å². The van der Waals surface area contributed by atoms with E-state index in [1.165, 1.54) is 18.2 Å². The summed E-state index contributed by atoms with van der Waals surface area (Å²) in [6, 6.07) is 16.0. The normalized spacial score (nSPS) is 14.9. The van der Waals surface area contributed by atoms with Crippen LogP contribution < -0.4 is 21.5 Å². The molecule has 0 spiro atoms. The second kappa shape index (κ2) is 12.7. The van der Waals surface area contributed by atoms with E-state index < -0.39 is 17.8 Å². The average molecular weight is 539 g/mol. The molecule has 8 nitrogen and oxygen atoms in total. The van der Waals surface area contributed by atoms with Crippen LogP contribution in [0.15, 0.2) is 95.7 Å². The number of carboxylic acids is 1. The number of amides is 2. The van der Waals surface area contributed by atoms with Crippen LogP contribution in [0.4, 0.5) is 14.9 Å². The van der Waals surface area contributed by atoms with Gasteiger partial charge in [0.1, 0.15) is 5.82 Å². The largest absolute Gasteiger partial charge is 0.481 e. The molecule has 4 N–H and O–H groups in total. The van der Waals surface area contributed by atoms with Crippen LogP contribution in [-0.4, -0.2) is 21.7 Å². The van der Waals surface area contributed by atoms with Gasteiger partial charge in [-0.2, -0.15) is 0 Å². The molecule has 10 heteroatoms. The van der Waals surface area contributed by atoms with Crippen molar-refractivity contribution >= 4 is 30.1 Å². The van der Waals surface area contributed by atoms with Crippen molar-refractivity contribution in [2.45, 2.75) is 31.8 Å². The number of allylic oxidation sites excluding steroid dienone is 1. The van der Waals surface area contributed by atoms with Crippen LogP contribution in [0.3, 0.4) is 0 Å². The lowest BCUT2D eigenvalue weighted by molar-refractivity contribution is -0.137. The van der Waals surface area contributed by atoms with Crippen molar-refractivity contribution in [1.82, 2.24) is 15.2 Å². The number of nitrogens with zero attached hydrogens (tertiary/aromatic N) is 1. The number of rotatable bonds is 8. The summed E-state index contributed by atoms with van der Waals surface area (Å²) in [5.41, 5.74) is 2.76. The van der Waals surface area contributed by atoms with E-state index in [2.05, 4.69) is 16.0 Å². The lowest BCUT2D eigenvalue weighted by atomic mass is 9.97. The van der Waals surface area contributed by atoms with Crippen molar-refractivity contribution in [3.05, 3.63) is 124 Å². The monoisotopic (exact) mass is 538 g/mol. The first kappa shape index (κ1) is 28.2. The summed E-state index contributed by atoms with van der Waals surface area (Å²) in [5.74, 6) is -1.47. The molecule has 0 saturated carbocycles. The van der Waals surface area contributed by atoms with Gasteiger partial charge in [0.15, 0.2) is 0 Å². The predicted molar refractivity (Wildman–Crippen MR) is 146 cm³/mol. The van der Waals surface area contributed by atoms with Crippen molar-refractivity contribution in [1.29, 1.82) is 0 Å². The molecule has 0 radical (unpaired) electrons. The van der Waals surface area contributed by atoms with E-state index in [1.807, 2.05) is 31.2 Å². The van der Waals surface area contributed by atoms with Gasteiger partial charge in [-0.25, -0.2) is 9.18 Å². The third-order valence-corrected chi connectivity index (χ3v) is 6.03. The molecule has 0 bridgehead atoms. The fourth-order valence-corrected chi connectivity index (χ4v) is 4.05. The summed E-state index contributed by atoms with van der Waals surface area (Å²) in [5, 5.41) is 17.2. The van der Waals surface area contributed by atoms with Gasteiger partial charge in [0.05, 0.1) is 30.4 Å². The second-order valence-corrected chi connectivity index (χ2v) is 8.80. The minimum atomic E-state index is -0.839. The van der Waals surface area contributed by atoms with Crippen LogP contribution >= 0.6 is 12.4 Å². The number of urea groups is 1. The zero-order chi connectivity index (χ0) is 26.4. The minimum absolute atomic E-state index is 0. The number of dihydropyridines is 1. The maximum Gasteiger partial charge on any atom is 0.323 e. The van der Waals surface area contributed by atoms with Crippen molar-refractivity contribution in [2.24, 2.45) is 0 Å². The second-order valence-electron chi connectivity index (χ2n) is 8.80. The Balaban J connectivity index is 0.00000400. The Kier molecular flexibility index (Phi) is 9.45. The summed E-state index contributed by atoms with van der Waals surface area (Å²) in [7, 11) is 0. The molecule has 0 fully saturated rings. The number of anilines is 1. The summed E-state index contributed by atoms with van der Waals surface area (Å²) in [6.07, 6.45) is 6.80. The molecule has 2 heterocycles. The SMILES string of the molecule is C[C@H](CC(=O)O)c1ccc(Cn2cccc(C3C=CC(NC(=O)Nc4ccccc4F)=CN3)c2=O)cc1.Cl. The molecule has 1 aromatic heterocycles. The van der Waals surface area contributed by atoms with Gasteiger partial charge in [0.25, 0.3) is 5.56 Å². The quantitative estimate of drug-likeness (QED) is 0.326. The molecule has 3 aromatic rings. The molecule has 1 aliphatic heterocycles. The Hall–Kier alpha value is -4.37. The van der Waals surface area contributed by atoms with Gasteiger partial charge in [-0.05, 0) is 47.4 Å². The molecule has 4 rings (SSSR count). The number of para-hydroxylation sites is 1. The van der Waals surface area contributed by atoms with E-state index >= 15 is 0 Å². The minimum Gasteiger partial charge on any atom is -0.481 e. The highest BCUT2D eigenvalue weighted by molar-refractivity contribution is 5.90. The Morgan fingerprint density at radius 2 is 1.82 bits per heavy atom. The van der Waals surface area contributed by atoms with E-state index in [0.717, 1.165) is 11.1 Å². The van der Waals surface area contributed by atoms with E-state index in [4.69, 9.17) is 5.11 Å². The highest BCUT2D eigenvalue weighted by Gasteiger charge is 2.17. The summed E-state index contributed by atoms with van der Waals surface area (Å²) < 4.78 is 15.3. The highest BCUT2D eigenvalue weighted by Crippen LogP contribution is 2.20. The smallest absolute Gasteiger partial charge is 0.323 e. The number of nitrogens with one attached hydrogen (secondary N) is 3. The molecule has 2 amide bonds. The van der Waals surface area contributed by atoms with E-state index in [0.29, 0.717) is 17.8 Å². The molecular weight excluding hydrogens is 511 g/mol. The van der Waals surface area contributed by atoms with E-state index in [9.17, 15) is 18.8 Å². The van der Waals surface area contributed by atoms with Crippen LogP contribution in [-0.2, 0) is 11.3 Å². The highest BCUT2D eigenvalue weighted by atomic mass is 35.5. The van der Waals surface area contributed by atoms with E-state index in [1.54, 1.807) is 47.3 Å². The lowest BCUT2D eigenvalue weighted by Gasteiger charge is -2.20. The molecule has 2 atom stereocenters. The van der Waals surface area contributed by atoms with Gasteiger partial charge in [-0.3, -0.25) is 9.59 Å². The molecular formula is C28H28ClFN4O4. The first-order valence-corrected chi connectivity index (χ1v) is 11.8. The molecule has 0 aliphatic carbocycles. The number of pyridine rings is 1. The van der Waals surface area contributed by atoms with Gasteiger partial charge in [0, 0.05) is 18.0 Å². The number of carbonyl (C=O) groups excluding carboxylic acids is 1. The Bertz CT molecular complexity index is 1420. The standard InChI is InChI=1S/C28H27FN4O4.ClH/c1-18(15-26(34)35)20-10-8-19(9-11-20)17-33-14-4-5-22(27(33)36)24-13-12-21(16-30-24)31-28(37)32-25-7-3-2-6-23(25)29;/h2-14,16,18,24,30H,15,17H2,1H3,(H,34,35)(H2,31,32,37);1H/t18-,24?;/m1./s1. The maximum atomic E-state index is 13.7. The van der Waals surface area contributed by atoms with Crippen LogP contribution in [0, 0.1) is 5.82 Å². The van der Waals surface area contributed by atoms with Crippen LogP contribution in [0.1, 0.15) is 42.0 Å². The fourth-order valence-electron chi connectivity index (χ4n) is 4.05. The van der Waals surface area contributed by atoms with Crippen LogP contribution in [0.5, 0.6) is 0 Å². The first-order chi connectivity index (χ1) is 17.8. The van der Waals surface area contributed by atoms with Crippen LogP contribution in [0.25, 0.3) is 0 Å². The molecule has 2 aromatic carbocycles. The Labute approximate surface area is 225 Å². The number of aromatic nitrogens is 1.